The van der Waals surface area contributed by atoms with Gasteiger partial charge >= 0.3 is 0 Å². The molecule has 1 unspecified atom stereocenters. The van der Waals surface area contributed by atoms with Crippen LogP contribution < -0.4 is 15.5 Å². The number of hydrogen-bond acceptors (Lipinski definition) is 4. The predicted molar refractivity (Wildman–Crippen MR) is 130 cm³/mol. The molecule has 4 rings (SSSR count). The molecule has 2 amide bonds. The van der Waals surface area contributed by atoms with Gasteiger partial charge in [-0.2, -0.15) is 0 Å². The highest BCUT2D eigenvalue weighted by Crippen LogP contribution is 2.35. The first-order valence-corrected chi connectivity index (χ1v) is 11.4. The molecule has 170 valence electrons. The van der Waals surface area contributed by atoms with Crippen LogP contribution in [0, 0.1) is 0 Å². The lowest BCUT2D eigenvalue weighted by Gasteiger charge is -2.38. The molecule has 33 heavy (non-hydrogen) atoms. The summed E-state index contributed by atoms with van der Waals surface area (Å²) < 4.78 is 5.65. The van der Waals surface area contributed by atoms with E-state index in [1.807, 2.05) is 6.07 Å². The first kappa shape index (κ1) is 23.0. The number of unbranched alkanes of at least 4 members (excludes halogenated alkanes) is 1. The Morgan fingerprint density at radius 2 is 1.85 bits per heavy atom. The number of halogens is 2. The molecule has 0 radical (unpaired) electrons. The van der Waals surface area contributed by atoms with Gasteiger partial charge in [0.15, 0.2) is 0 Å². The zero-order chi connectivity index (χ0) is 23.4. The lowest BCUT2D eigenvalue weighted by atomic mass is 10.0. The second-order valence-electron chi connectivity index (χ2n) is 7.60. The van der Waals surface area contributed by atoms with Gasteiger partial charge in [-0.3, -0.25) is 15.0 Å². The van der Waals surface area contributed by atoms with Gasteiger partial charge in [0.2, 0.25) is 0 Å². The van der Waals surface area contributed by atoms with Gasteiger partial charge in [-0.05, 0) is 55.0 Å². The second kappa shape index (κ2) is 10.1. The number of ether oxygens (including phenoxy) is 1. The van der Waals surface area contributed by atoms with Crippen LogP contribution in [0.3, 0.4) is 0 Å². The Kier molecular flexibility index (Phi) is 7.06. The first-order valence-electron chi connectivity index (χ1n) is 10.7. The summed E-state index contributed by atoms with van der Waals surface area (Å²) in [7, 11) is 0. The molecule has 0 fully saturated rings. The quantitative estimate of drug-likeness (QED) is 0.399. The number of amides is 2. The van der Waals surface area contributed by atoms with Crippen LogP contribution in [0.1, 0.15) is 52.2 Å². The van der Waals surface area contributed by atoms with Crippen LogP contribution in [0.4, 0.5) is 5.69 Å². The molecule has 0 spiro atoms. The van der Waals surface area contributed by atoms with E-state index >= 15 is 0 Å². The highest BCUT2D eigenvalue weighted by Gasteiger charge is 2.35. The number of anilines is 1. The van der Waals surface area contributed by atoms with Crippen LogP contribution in [0.25, 0.3) is 0 Å². The van der Waals surface area contributed by atoms with Crippen molar-refractivity contribution in [1.29, 1.82) is 0 Å². The summed E-state index contributed by atoms with van der Waals surface area (Å²) >= 11 is 12.5. The van der Waals surface area contributed by atoms with Crippen LogP contribution in [0.2, 0.25) is 10.0 Å². The van der Waals surface area contributed by atoms with Gasteiger partial charge in [-0.25, -0.2) is 5.01 Å². The van der Waals surface area contributed by atoms with E-state index in [0.29, 0.717) is 44.8 Å². The third-order valence-corrected chi connectivity index (χ3v) is 5.85. The number of nitrogens with one attached hydrogen (secondary N) is 2. The molecule has 2 N–H and O–H groups in total. The van der Waals surface area contributed by atoms with E-state index in [2.05, 4.69) is 17.7 Å². The molecule has 1 heterocycles. The molecule has 3 aromatic carbocycles. The molecule has 0 saturated heterocycles. The zero-order valence-corrected chi connectivity index (χ0v) is 19.5. The van der Waals surface area contributed by atoms with Crippen molar-refractivity contribution < 1.29 is 14.3 Å². The van der Waals surface area contributed by atoms with Gasteiger partial charge < -0.3 is 10.1 Å². The molecule has 1 aliphatic heterocycles. The molecular weight excluding hydrogens is 461 g/mol. The monoisotopic (exact) mass is 483 g/mol. The van der Waals surface area contributed by atoms with Gasteiger partial charge in [0.1, 0.15) is 11.9 Å². The van der Waals surface area contributed by atoms with Crippen molar-refractivity contribution in [1.82, 2.24) is 10.4 Å². The maximum atomic E-state index is 13.3. The van der Waals surface area contributed by atoms with Crippen molar-refractivity contribution in [2.45, 2.75) is 25.9 Å². The van der Waals surface area contributed by atoms with E-state index in [1.165, 1.54) is 5.01 Å². The lowest BCUT2D eigenvalue weighted by molar-refractivity contribution is 0.0491. The van der Waals surface area contributed by atoms with Crippen molar-refractivity contribution in [2.24, 2.45) is 0 Å². The smallest absolute Gasteiger partial charge is 0.276 e. The topological polar surface area (TPSA) is 70.7 Å². The number of benzene rings is 3. The fourth-order valence-electron chi connectivity index (χ4n) is 3.52. The third kappa shape index (κ3) is 5.07. The largest absolute Gasteiger partial charge is 0.494 e. The zero-order valence-electron chi connectivity index (χ0n) is 18.0. The normalized spacial score (nSPS) is 14.9. The number of para-hydroxylation sites is 1. The van der Waals surface area contributed by atoms with E-state index in [9.17, 15) is 9.59 Å². The highest BCUT2D eigenvalue weighted by atomic mass is 35.5. The summed E-state index contributed by atoms with van der Waals surface area (Å²) in [4.78, 5) is 26.4. The maximum absolute atomic E-state index is 13.3. The van der Waals surface area contributed by atoms with Crippen LogP contribution >= 0.6 is 23.2 Å². The standard InChI is InChI=1S/C25H23Cl2N3O3/c1-2-3-14-33-18-11-8-16(9-12-18)24(31)29-30-23(19-13-10-17(26)15-21(19)27)28-22-7-5-4-6-20(22)25(30)32/h4-13,15,23,28H,2-3,14H2,1H3,(H,29,31). The average molecular weight is 484 g/mol. The number of nitrogens with zero attached hydrogens (tertiary/aromatic N) is 1. The van der Waals surface area contributed by atoms with Gasteiger partial charge in [-0.15, -0.1) is 0 Å². The number of hydrazine groups is 1. The summed E-state index contributed by atoms with van der Waals surface area (Å²) in [5, 5.41) is 5.40. The van der Waals surface area contributed by atoms with Gasteiger partial charge in [-0.1, -0.05) is 54.7 Å². The minimum Gasteiger partial charge on any atom is -0.494 e. The van der Waals surface area contributed by atoms with Gasteiger partial charge in [0.05, 0.1) is 12.2 Å². The molecule has 0 aliphatic carbocycles. The van der Waals surface area contributed by atoms with Crippen molar-refractivity contribution in [3.63, 3.8) is 0 Å². The fourth-order valence-corrected chi connectivity index (χ4v) is 4.03. The summed E-state index contributed by atoms with van der Waals surface area (Å²) in [6.45, 7) is 2.72. The molecule has 0 saturated carbocycles. The Morgan fingerprint density at radius 1 is 1.09 bits per heavy atom. The SMILES string of the molecule is CCCCOc1ccc(C(=O)NN2C(=O)c3ccccc3NC2c2ccc(Cl)cc2Cl)cc1. The second-order valence-corrected chi connectivity index (χ2v) is 8.44. The van der Waals surface area contributed by atoms with Crippen molar-refractivity contribution in [2.75, 3.05) is 11.9 Å². The fraction of sp³-hybridized carbons (Fsp3) is 0.200. The molecule has 0 aromatic heterocycles. The summed E-state index contributed by atoms with van der Waals surface area (Å²) in [5.74, 6) is -0.0940. The van der Waals surface area contributed by atoms with Crippen LogP contribution in [0.15, 0.2) is 66.7 Å². The Morgan fingerprint density at radius 3 is 2.58 bits per heavy atom. The Hall–Kier alpha value is -3.22. The van der Waals surface area contributed by atoms with Gasteiger partial charge in [0, 0.05) is 26.9 Å². The summed E-state index contributed by atoms with van der Waals surface area (Å²) in [6, 6.07) is 18.9. The van der Waals surface area contributed by atoms with Gasteiger partial charge in [0.25, 0.3) is 11.8 Å². The average Bonchev–Trinajstić information content (AvgIpc) is 2.81. The molecule has 3 aromatic rings. The number of hydrogen-bond donors (Lipinski definition) is 2. The van der Waals surface area contributed by atoms with Crippen molar-refractivity contribution in [3.05, 3.63) is 93.5 Å². The number of fused-ring (bicyclic) bond motifs is 1. The summed E-state index contributed by atoms with van der Waals surface area (Å²) in [5.41, 5.74) is 4.83. The highest BCUT2D eigenvalue weighted by molar-refractivity contribution is 6.35. The third-order valence-electron chi connectivity index (χ3n) is 5.29. The van der Waals surface area contributed by atoms with Crippen molar-refractivity contribution >= 4 is 40.7 Å². The van der Waals surface area contributed by atoms with Crippen LogP contribution in [0.5, 0.6) is 5.75 Å². The minimum absolute atomic E-state index is 0.353. The van der Waals surface area contributed by atoms with E-state index in [1.54, 1.807) is 60.7 Å². The minimum atomic E-state index is -0.724. The van der Waals surface area contributed by atoms with Crippen LogP contribution in [-0.2, 0) is 0 Å². The molecule has 8 heteroatoms. The Labute approximate surface area is 202 Å². The van der Waals surface area contributed by atoms with E-state index in [-0.39, 0.29) is 5.91 Å². The first-order chi connectivity index (χ1) is 16.0. The van der Waals surface area contributed by atoms with E-state index in [0.717, 1.165) is 12.8 Å². The van der Waals surface area contributed by atoms with Crippen LogP contribution in [-0.4, -0.2) is 23.4 Å². The summed E-state index contributed by atoms with van der Waals surface area (Å²) in [6.07, 6.45) is 1.28. The maximum Gasteiger partial charge on any atom is 0.276 e. The Bertz CT molecular complexity index is 1170. The predicted octanol–water partition coefficient (Wildman–Crippen LogP) is 6.08. The molecule has 1 atom stereocenters. The lowest BCUT2D eigenvalue weighted by Crippen LogP contribution is -2.52. The van der Waals surface area contributed by atoms with Crippen molar-refractivity contribution in [3.8, 4) is 5.75 Å². The molecular formula is C25H23Cl2N3O3. The Balaban J connectivity index is 1.60. The van der Waals surface area contributed by atoms with E-state index < -0.39 is 12.1 Å². The molecule has 6 nitrogen and oxygen atoms in total. The molecule has 0 bridgehead atoms. The number of rotatable bonds is 7. The van der Waals surface area contributed by atoms with E-state index in [4.69, 9.17) is 27.9 Å². The number of carbonyl (C=O) groups excluding carboxylic acids is 2. The number of carbonyl (C=O) groups is 2. The molecule has 1 aliphatic rings.